The first-order valence-corrected chi connectivity index (χ1v) is 9.74. The van der Waals surface area contributed by atoms with E-state index in [1.165, 1.54) is 11.3 Å². The smallest absolute Gasteiger partial charge is 0.326 e. The van der Waals surface area contributed by atoms with E-state index in [0.29, 0.717) is 40.3 Å². The van der Waals surface area contributed by atoms with Gasteiger partial charge >= 0.3 is 5.97 Å². The molecule has 7 nitrogen and oxygen atoms in total. The van der Waals surface area contributed by atoms with Crippen LogP contribution in [0.3, 0.4) is 0 Å². The molecule has 0 saturated heterocycles. The van der Waals surface area contributed by atoms with Gasteiger partial charge in [0.15, 0.2) is 5.65 Å². The lowest BCUT2D eigenvalue weighted by Gasteiger charge is -2.15. The van der Waals surface area contributed by atoms with E-state index >= 15 is 0 Å². The molecule has 3 aromatic heterocycles. The molecule has 1 aliphatic carbocycles. The number of pyridine rings is 1. The van der Waals surface area contributed by atoms with E-state index in [1.807, 2.05) is 24.4 Å². The summed E-state index contributed by atoms with van der Waals surface area (Å²) in [5.41, 5.74) is 2.39. The van der Waals surface area contributed by atoms with Crippen LogP contribution in [0, 0.1) is 12.8 Å². The van der Waals surface area contributed by atoms with Gasteiger partial charge in [0, 0.05) is 7.05 Å². The molecule has 0 spiro atoms. The molecule has 27 heavy (non-hydrogen) atoms. The fourth-order valence-electron chi connectivity index (χ4n) is 3.32. The maximum atomic E-state index is 13.0. The summed E-state index contributed by atoms with van der Waals surface area (Å²) in [6.45, 7) is 1.82. The Bertz CT molecular complexity index is 1020. The number of carboxylic acids is 1. The number of fused-ring (bicyclic) bond motifs is 1. The maximum absolute atomic E-state index is 13.0. The summed E-state index contributed by atoms with van der Waals surface area (Å²) in [5.74, 6) is -1.00. The molecule has 8 heteroatoms. The monoisotopic (exact) mass is 384 g/mol. The minimum Gasteiger partial charge on any atom is -0.480 e. The summed E-state index contributed by atoms with van der Waals surface area (Å²) in [7, 11) is 1.79. The van der Waals surface area contributed by atoms with Gasteiger partial charge in [0.25, 0.3) is 5.91 Å². The summed E-state index contributed by atoms with van der Waals surface area (Å²) in [4.78, 5) is 30.2. The highest BCUT2D eigenvalue weighted by atomic mass is 32.1. The van der Waals surface area contributed by atoms with Gasteiger partial charge in [-0.2, -0.15) is 5.10 Å². The minimum atomic E-state index is -0.998. The number of rotatable bonds is 6. The van der Waals surface area contributed by atoms with Crippen LogP contribution in [0.2, 0.25) is 0 Å². The lowest BCUT2D eigenvalue weighted by Crippen LogP contribution is -2.41. The normalized spacial score (nSPS) is 15.0. The first-order valence-electron chi connectivity index (χ1n) is 8.86. The first-order chi connectivity index (χ1) is 12.9. The number of aromatic nitrogens is 3. The first kappa shape index (κ1) is 17.7. The molecule has 1 atom stereocenters. The summed E-state index contributed by atoms with van der Waals surface area (Å²) >= 11 is 1.54. The number of nitrogens with one attached hydrogen (secondary N) is 1. The second-order valence-corrected chi connectivity index (χ2v) is 7.93. The van der Waals surface area contributed by atoms with E-state index in [0.717, 1.165) is 17.7 Å². The number of carbonyl (C=O) groups is 2. The van der Waals surface area contributed by atoms with Crippen molar-refractivity contribution in [2.75, 3.05) is 0 Å². The van der Waals surface area contributed by atoms with Crippen molar-refractivity contribution >= 4 is 34.2 Å². The van der Waals surface area contributed by atoms with Gasteiger partial charge in [-0.1, -0.05) is 18.9 Å². The van der Waals surface area contributed by atoms with E-state index in [1.54, 1.807) is 17.8 Å². The van der Waals surface area contributed by atoms with E-state index in [9.17, 15) is 14.7 Å². The van der Waals surface area contributed by atoms with Crippen LogP contribution in [0.15, 0.2) is 23.6 Å². The number of aryl methyl sites for hydroxylation is 2. The van der Waals surface area contributed by atoms with E-state index in [4.69, 9.17) is 0 Å². The van der Waals surface area contributed by atoms with Gasteiger partial charge in [-0.25, -0.2) is 9.78 Å². The molecule has 140 valence electrons. The highest BCUT2D eigenvalue weighted by molar-refractivity contribution is 7.13. The Kier molecular flexibility index (Phi) is 4.43. The molecule has 2 N–H and O–H groups in total. The van der Waals surface area contributed by atoms with Gasteiger partial charge in [0.05, 0.1) is 27.2 Å². The molecule has 0 radical (unpaired) electrons. The average molecular weight is 384 g/mol. The van der Waals surface area contributed by atoms with Gasteiger partial charge in [-0.05, 0) is 36.8 Å². The van der Waals surface area contributed by atoms with Crippen molar-refractivity contribution in [3.8, 4) is 10.6 Å². The van der Waals surface area contributed by atoms with Crippen molar-refractivity contribution in [1.29, 1.82) is 0 Å². The van der Waals surface area contributed by atoms with Crippen LogP contribution in [0.4, 0.5) is 0 Å². The minimum absolute atomic E-state index is 0.394. The van der Waals surface area contributed by atoms with Crippen LogP contribution in [0.1, 0.15) is 35.3 Å². The van der Waals surface area contributed by atoms with Crippen molar-refractivity contribution in [3.05, 3.63) is 34.8 Å². The van der Waals surface area contributed by atoms with E-state index in [2.05, 4.69) is 15.4 Å². The Morgan fingerprint density at radius 2 is 2.22 bits per heavy atom. The van der Waals surface area contributed by atoms with Gasteiger partial charge in [-0.3, -0.25) is 9.48 Å². The molecule has 1 amide bonds. The number of hydrogen-bond donors (Lipinski definition) is 2. The molecule has 1 fully saturated rings. The number of aliphatic carboxylic acids is 1. The van der Waals surface area contributed by atoms with E-state index < -0.39 is 17.9 Å². The van der Waals surface area contributed by atoms with Crippen LogP contribution in [-0.4, -0.2) is 37.8 Å². The van der Waals surface area contributed by atoms with Crippen LogP contribution < -0.4 is 5.32 Å². The third kappa shape index (κ3) is 3.44. The number of carbonyl (C=O) groups excluding carboxylic acids is 1. The van der Waals surface area contributed by atoms with Crippen molar-refractivity contribution in [1.82, 2.24) is 20.1 Å². The number of carboxylic acid groups (broad SMARTS) is 1. The molecule has 0 aromatic carbocycles. The van der Waals surface area contributed by atoms with Crippen molar-refractivity contribution in [2.24, 2.45) is 13.0 Å². The molecule has 1 unspecified atom stereocenters. The summed E-state index contributed by atoms with van der Waals surface area (Å²) < 4.78 is 1.65. The van der Waals surface area contributed by atoms with Crippen LogP contribution in [0.25, 0.3) is 21.6 Å². The zero-order valence-electron chi connectivity index (χ0n) is 15.1. The van der Waals surface area contributed by atoms with Gasteiger partial charge < -0.3 is 10.4 Å². The van der Waals surface area contributed by atoms with Gasteiger partial charge in [-0.15, -0.1) is 11.3 Å². The number of nitrogens with zero attached hydrogens (tertiary/aromatic N) is 3. The molecule has 1 aliphatic rings. The second kappa shape index (κ2) is 6.77. The highest BCUT2D eigenvalue weighted by Crippen LogP contribution is 2.34. The standard InChI is InChI=1S/C19H20N4O3S/c1-10-16-12(18(24)21-14(19(25)26)8-11-5-6-11)9-13(15-4-3-7-27-15)20-17(16)23(2)22-10/h3-4,7,9,11,14H,5-6,8H2,1-2H3,(H,21,24)(H,25,26). The van der Waals surface area contributed by atoms with E-state index in [-0.39, 0.29) is 0 Å². The van der Waals surface area contributed by atoms with Crippen molar-refractivity contribution < 1.29 is 14.7 Å². The molecular weight excluding hydrogens is 364 g/mol. The molecule has 1 saturated carbocycles. The van der Waals surface area contributed by atoms with Gasteiger partial charge in [0.2, 0.25) is 0 Å². The zero-order valence-corrected chi connectivity index (χ0v) is 15.9. The van der Waals surface area contributed by atoms with Crippen LogP contribution in [-0.2, 0) is 11.8 Å². The maximum Gasteiger partial charge on any atom is 0.326 e. The quantitative estimate of drug-likeness (QED) is 0.681. The Hall–Kier alpha value is -2.74. The SMILES string of the molecule is Cc1nn(C)c2nc(-c3cccs3)cc(C(=O)NC(CC3CC3)C(=O)O)c12. The second-order valence-electron chi connectivity index (χ2n) is 6.98. The molecule has 0 bridgehead atoms. The van der Waals surface area contributed by atoms with Crippen molar-refractivity contribution in [2.45, 2.75) is 32.2 Å². The molecule has 3 aromatic rings. The van der Waals surface area contributed by atoms with Crippen molar-refractivity contribution in [3.63, 3.8) is 0 Å². The summed E-state index contributed by atoms with van der Waals surface area (Å²) in [6, 6.07) is 4.72. The number of hydrogen-bond acceptors (Lipinski definition) is 5. The fraction of sp³-hybridized carbons (Fsp3) is 0.368. The average Bonchev–Trinajstić information content (AvgIpc) is 3.18. The Morgan fingerprint density at radius 1 is 1.44 bits per heavy atom. The van der Waals surface area contributed by atoms with Crippen LogP contribution >= 0.6 is 11.3 Å². The lowest BCUT2D eigenvalue weighted by molar-refractivity contribution is -0.139. The third-order valence-corrected chi connectivity index (χ3v) is 5.75. The zero-order chi connectivity index (χ0) is 19.1. The predicted molar refractivity (Wildman–Crippen MR) is 103 cm³/mol. The Balaban J connectivity index is 1.76. The number of amides is 1. The molecule has 0 aliphatic heterocycles. The number of thiophene rings is 1. The molecule has 3 heterocycles. The fourth-order valence-corrected chi connectivity index (χ4v) is 4.00. The topological polar surface area (TPSA) is 97.1 Å². The molecule has 4 rings (SSSR count). The highest BCUT2D eigenvalue weighted by Gasteiger charge is 2.31. The third-order valence-electron chi connectivity index (χ3n) is 4.86. The Labute approximate surface area is 160 Å². The van der Waals surface area contributed by atoms with Crippen LogP contribution in [0.5, 0.6) is 0 Å². The lowest BCUT2D eigenvalue weighted by atomic mass is 10.1. The predicted octanol–water partition coefficient (Wildman–Crippen LogP) is 2.99. The summed E-state index contributed by atoms with van der Waals surface area (Å²) in [6.07, 6.45) is 2.53. The Morgan fingerprint density at radius 3 is 2.85 bits per heavy atom. The van der Waals surface area contributed by atoms with Gasteiger partial charge in [0.1, 0.15) is 6.04 Å². The summed E-state index contributed by atoms with van der Waals surface area (Å²) in [5, 5.41) is 19.2. The molecular formula is C19H20N4O3S. The largest absolute Gasteiger partial charge is 0.480 e.